The Morgan fingerprint density at radius 1 is 1.18 bits per heavy atom. The molecule has 0 bridgehead atoms. The molecule has 9 nitrogen and oxygen atoms in total. The van der Waals surface area contributed by atoms with Crippen LogP contribution < -0.4 is 15.4 Å². The number of methoxy groups -OCH3 is 1. The third-order valence-corrected chi connectivity index (χ3v) is 6.87. The minimum atomic E-state index is -4.04. The summed E-state index contributed by atoms with van der Waals surface area (Å²) in [5.74, 6) is -1.90. The number of carbonyl (C=O) groups is 2. The van der Waals surface area contributed by atoms with Crippen LogP contribution in [0.3, 0.4) is 0 Å². The van der Waals surface area contributed by atoms with Crippen molar-refractivity contribution in [3.05, 3.63) is 29.3 Å². The SMILES string of the molecule is CCc1nnc(NC(=O)C(CC)S(=O)(=O)CC(=O)Nc2ccccc2OC)s1. The lowest BCUT2D eigenvalue weighted by Gasteiger charge is -2.15. The number of anilines is 2. The van der Waals surface area contributed by atoms with Gasteiger partial charge in [0.25, 0.3) is 0 Å². The summed E-state index contributed by atoms with van der Waals surface area (Å²) in [5, 5.41) is 12.2. The van der Waals surface area contributed by atoms with Gasteiger partial charge in [-0.2, -0.15) is 0 Å². The summed E-state index contributed by atoms with van der Waals surface area (Å²) in [5.41, 5.74) is 0.351. The molecule has 1 aromatic carbocycles. The standard InChI is InChI=1S/C17H22N4O5S2/c1-4-13(16(23)19-17-21-20-15(5-2)27-17)28(24,25)10-14(22)18-11-8-6-7-9-12(11)26-3/h6-9,13H,4-5,10H2,1-3H3,(H,18,22)(H,19,21,23). The zero-order chi connectivity index (χ0) is 20.7. The van der Waals surface area contributed by atoms with Gasteiger partial charge in [0.15, 0.2) is 9.84 Å². The lowest BCUT2D eigenvalue weighted by Crippen LogP contribution is -2.39. The number of rotatable bonds is 9. The number of hydrogen-bond donors (Lipinski definition) is 2. The van der Waals surface area contributed by atoms with Gasteiger partial charge in [-0.15, -0.1) is 10.2 Å². The Morgan fingerprint density at radius 2 is 1.89 bits per heavy atom. The maximum absolute atomic E-state index is 12.6. The van der Waals surface area contributed by atoms with E-state index in [1.165, 1.54) is 18.4 Å². The third-order valence-electron chi connectivity index (χ3n) is 3.81. The molecule has 1 aromatic heterocycles. The van der Waals surface area contributed by atoms with Crippen LogP contribution in [0.1, 0.15) is 25.3 Å². The molecule has 2 N–H and O–H groups in total. The van der Waals surface area contributed by atoms with Crippen molar-refractivity contribution in [1.82, 2.24) is 10.2 Å². The number of nitrogens with one attached hydrogen (secondary N) is 2. The number of para-hydroxylation sites is 2. The molecule has 11 heteroatoms. The smallest absolute Gasteiger partial charge is 0.244 e. The largest absolute Gasteiger partial charge is 0.495 e. The monoisotopic (exact) mass is 426 g/mol. The minimum Gasteiger partial charge on any atom is -0.495 e. The van der Waals surface area contributed by atoms with Gasteiger partial charge in [0.05, 0.1) is 12.8 Å². The number of ether oxygens (including phenoxy) is 1. The molecule has 1 atom stereocenters. The predicted octanol–water partition coefficient (Wildman–Crippen LogP) is 1.88. The van der Waals surface area contributed by atoms with Crippen molar-refractivity contribution in [1.29, 1.82) is 0 Å². The van der Waals surface area contributed by atoms with Crippen molar-refractivity contribution >= 4 is 43.8 Å². The van der Waals surface area contributed by atoms with Gasteiger partial charge >= 0.3 is 0 Å². The molecule has 2 rings (SSSR count). The van der Waals surface area contributed by atoms with E-state index in [1.807, 2.05) is 6.92 Å². The zero-order valence-corrected chi connectivity index (χ0v) is 17.4. The molecule has 2 aromatic rings. The maximum Gasteiger partial charge on any atom is 0.244 e. The molecule has 0 radical (unpaired) electrons. The minimum absolute atomic E-state index is 0.0234. The molecule has 1 unspecified atom stereocenters. The van der Waals surface area contributed by atoms with E-state index < -0.39 is 32.7 Å². The molecule has 2 amide bonds. The van der Waals surface area contributed by atoms with E-state index in [9.17, 15) is 18.0 Å². The van der Waals surface area contributed by atoms with E-state index in [-0.39, 0.29) is 11.6 Å². The van der Waals surface area contributed by atoms with Crippen molar-refractivity contribution in [2.45, 2.75) is 31.9 Å². The molecule has 0 aliphatic heterocycles. The second-order valence-electron chi connectivity index (χ2n) is 5.80. The Balaban J connectivity index is 2.07. The fourth-order valence-electron chi connectivity index (χ4n) is 2.45. The molecule has 152 valence electrons. The second-order valence-corrected chi connectivity index (χ2v) is 9.04. The van der Waals surface area contributed by atoms with Crippen LogP contribution in [-0.4, -0.2) is 48.5 Å². The highest BCUT2D eigenvalue weighted by atomic mass is 32.2. The van der Waals surface area contributed by atoms with Crippen molar-refractivity contribution in [3.8, 4) is 5.75 Å². The van der Waals surface area contributed by atoms with E-state index >= 15 is 0 Å². The van der Waals surface area contributed by atoms with E-state index in [0.29, 0.717) is 17.9 Å². The molecule has 28 heavy (non-hydrogen) atoms. The molecular formula is C17H22N4O5S2. The summed E-state index contributed by atoms with van der Waals surface area (Å²) in [6.07, 6.45) is 0.682. The van der Waals surface area contributed by atoms with E-state index in [4.69, 9.17) is 4.74 Å². The lowest BCUT2D eigenvalue weighted by atomic mass is 10.3. The second kappa shape index (κ2) is 9.60. The van der Waals surface area contributed by atoms with Gasteiger partial charge in [-0.1, -0.05) is 37.3 Å². The molecule has 0 fully saturated rings. The van der Waals surface area contributed by atoms with E-state index in [2.05, 4.69) is 20.8 Å². The molecule has 0 aliphatic carbocycles. The van der Waals surface area contributed by atoms with E-state index in [1.54, 1.807) is 31.2 Å². The molecule has 0 aliphatic rings. The lowest BCUT2D eigenvalue weighted by molar-refractivity contribution is -0.115. The number of sulfone groups is 1. The first-order valence-corrected chi connectivity index (χ1v) is 11.1. The van der Waals surface area contributed by atoms with Crippen LogP contribution in [0.2, 0.25) is 0 Å². The normalized spacial score (nSPS) is 12.2. The first kappa shape index (κ1) is 21.8. The summed E-state index contributed by atoms with van der Waals surface area (Å²) >= 11 is 1.18. The molecule has 0 spiro atoms. The van der Waals surface area contributed by atoms with Gasteiger partial charge in [-0.05, 0) is 25.0 Å². The summed E-state index contributed by atoms with van der Waals surface area (Å²) < 4.78 is 30.4. The first-order chi connectivity index (χ1) is 13.3. The molecular weight excluding hydrogens is 404 g/mol. The number of aryl methyl sites for hydroxylation is 1. The van der Waals surface area contributed by atoms with Crippen molar-refractivity contribution < 1.29 is 22.7 Å². The summed E-state index contributed by atoms with van der Waals surface area (Å²) in [4.78, 5) is 24.7. The fourth-order valence-corrected chi connectivity index (χ4v) is 4.67. The summed E-state index contributed by atoms with van der Waals surface area (Å²) in [6, 6.07) is 6.63. The Bertz CT molecular complexity index is 943. The number of aromatic nitrogens is 2. The van der Waals surface area contributed by atoms with Crippen LogP contribution in [-0.2, 0) is 25.8 Å². The van der Waals surface area contributed by atoms with Gasteiger partial charge < -0.3 is 10.1 Å². The number of nitrogens with zero attached hydrogens (tertiary/aromatic N) is 2. The molecule has 1 heterocycles. The molecule has 0 saturated carbocycles. The number of hydrogen-bond acceptors (Lipinski definition) is 8. The van der Waals surface area contributed by atoms with E-state index in [0.717, 1.165) is 5.01 Å². The van der Waals surface area contributed by atoms with Crippen LogP contribution in [0.4, 0.5) is 10.8 Å². The van der Waals surface area contributed by atoms with Gasteiger partial charge in [0, 0.05) is 0 Å². The highest BCUT2D eigenvalue weighted by molar-refractivity contribution is 7.93. The average molecular weight is 427 g/mol. The van der Waals surface area contributed by atoms with Crippen molar-refractivity contribution in [2.75, 3.05) is 23.5 Å². The number of amides is 2. The average Bonchev–Trinajstić information content (AvgIpc) is 3.09. The topological polar surface area (TPSA) is 127 Å². The van der Waals surface area contributed by atoms with Crippen LogP contribution in [0, 0.1) is 0 Å². The quantitative estimate of drug-likeness (QED) is 0.626. The van der Waals surface area contributed by atoms with Crippen LogP contribution in [0.5, 0.6) is 5.75 Å². The van der Waals surface area contributed by atoms with Crippen molar-refractivity contribution in [3.63, 3.8) is 0 Å². The predicted molar refractivity (Wildman–Crippen MR) is 107 cm³/mol. The fraction of sp³-hybridized carbons (Fsp3) is 0.412. The van der Waals surface area contributed by atoms with Gasteiger partial charge in [-0.3, -0.25) is 14.9 Å². The Morgan fingerprint density at radius 3 is 2.50 bits per heavy atom. The van der Waals surface area contributed by atoms with Crippen LogP contribution in [0.15, 0.2) is 24.3 Å². The highest BCUT2D eigenvalue weighted by Crippen LogP contribution is 2.23. The van der Waals surface area contributed by atoms with Gasteiger partial charge in [0.1, 0.15) is 21.8 Å². The third kappa shape index (κ3) is 5.49. The first-order valence-electron chi connectivity index (χ1n) is 8.58. The van der Waals surface area contributed by atoms with Crippen LogP contribution in [0.25, 0.3) is 0 Å². The number of benzene rings is 1. The summed E-state index contributed by atoms with van der Waals surface area (Å²) in [7, 11) is -2.60. The van der Waals surface area contributed by atoms with Gasteiger partial charge in [0.2, 0.25) is 16.9 Å². The van der Waals surface area contributed by atoms with Crippen LogP contribution >= 0.6 is 11.3 Å². The Labute approximate surface area is 167 Å². The maximum atomic E-state index is 12.6. The Hall–Kier alpha value is -2.53. The Kier molecular flexibility index (Phi) is 7.46. The van der Waals surface area contributed by atoms with Gasteiger partial charge in [-0.25, -0.2) is 8.42 Å². The highest BCUT2D eigenvalue weighted by Gasteiger charge is 2.33. The summed E-state index contributed by atoms with van der Waals surface area (Å²) in [6.45, 7) is 3.46. The number of carbonyl (C=O) groups excluding carboxylic acids is 2. The molecule has 0 saturated heterocycles. The van der Waals surface area contributed by atoms with Crippen molar-refractivity contribution in [2.24, 2.45) is 0 Å². The zero-order valence-electron chi connectivity index (χ0n) is 15.8.